The van der Waals surface area contributed by atoms with Crippen LogP contribution < -0.4 is 0 Å². The van der Waals surface area contributed by atoms with Crippen LogP contribution in [0.1, 0.15) is 19.3 Å². The van der Waals surface area contributed by atoms with E-state index in [0.29, 0.717) is 13.0 Å². The molecule has 2 fully saturated rings. The molecule has 0 N–H and O–H groups in total. The Morgan fingerprint density at radius 1 is 1.09 bits per heavy atom. The standard InChI is InChI=1S/C14H22F3N3O3/c1-23-13(22)20-5-3-2-4-11(20)12(21)19-8-6-18(7-9-19)10-14(15,16)17/h11H,2-10H2,1H3/t11-/m0/s1. The molecule has 132 valence electrons. The maximum Gasteiger partial charge on any atom is 0.410 e. The summed E-state index contributed by atoms with van der Waals surface area (Å²) in [7, 11) is 1.27. The van der Waals surface area contributed by atoms with Crippen LogP contribution in [0.15, 0.2) is 0 Å². The summed E-state index contributed by atoms with van der Waals surface area (Å²) in [5.41, 5.74) is 0. The van der Waals surface area contributed by atoms with Gasteiger partial charge in [-0.2, -0.15) is 13.2 Å². The quantitative estimate of drug-likeness (QED) is 0.763. The first-order valence-electron chi connectivity index (χ1n) is 7.74. The van der Waals surface area contributed by atoms with Crippen LogP contribution in [0.25, 0.3) is 0 Å². The van der Waals surface area contributed by atoms with Gasteiger partial charge in [-0.25, -0.2) is 4.79 Å². The zero-order chi connectivity index (χ0) is 17.0. The van der Waals surface area contributed by atoms with Crippen molar-refractivity contribution in [1.82, 2.24) is 14.7 Å². The molecule has 2 saturated heterocycles. The number of piperidine rings is 1. The molecule has 2 aliphatic heterocycles. The lowest BCUT2D eigenvalue weighted by atomic mass is 10.0. The van der Waals surface area contributed by atoms with Crippen LogP contribution in [0, 0.1) is 0 Å². The minimum atomic E-state index is -4.22. The molecule has 0 saturated carbocycles. The van der Waals surface area contributed by atoms with Crippen molar-refractivity contribution >= 4 is 12.0 Å². The van der Waals surface area contributed by atoms with Crippen LogP contribution in [0.5, 0.6) is 0 Å². The Labute approximate surface area is 133 Å². The zero-order valence-corrected chi connectivity index (χ0v) is 13.1. The van der Waals surface area contributed by atoms with Crippen LogP contribution in [0.3, 0.4) is 0 Å². The first kappa shape index (κ1) is 17.8. The maximum absolute atomic E-state index is 12.6. The highest BCUT2D eigenvalue weighted by Crippen LogP contribution is 2.22. The van der Waals surface area contributed by atoms with Gasteiger partial charge in [-0.1, -0.05) is 0 Å². The molecular formula is C14H22F3N3O3. The van der Waals surface area contributed by atoms with E-state index in [0.717, 1.165) is 12.8 Å². The smallest absolute Gasteiger partial charge is 0.410 e. The summed E-state index contributed by atoms with van der Waals surface area (Å²) in [5, 5.41) is 0. The molecule has 0 bridgehead atoms. The van der Waals surface area contributed by atoms with Crippen LogP contribution in [-0.4, -0.2) is 85.3 Å². The third-order valence-electron chi connectivity index (χ3n) is 4.28. The van der Waals surface area contributed by atoms with E-state index in [4.69, 9.17) is 4.74 Å². The molecule has 0 aromatic heterocycles. The summed E-state index contributed by atoms with van der Waals surface area (Å²) < 4.78 is 41.9. The van der Waals surface area contributed by atoms with Crippen LogP contribution in [0.4, 0.5) is 18.0 Å². The normalized spacial score (nSPS) is 23.7. The second-order valence-electron chi connectivity index (χ2n) is 5.89. The molecule has 23 heavy (non-hydrogen) atoms. The molecule has 0 radical (unpaired) electrons. The molecule has 2 rings (SSSR count). The summed E-state index contributed by atoms with van der Waals surface area (Å²) in [4.78, 5) is 28.7. The predicted molar refractivity (Wildman–Crippen MR) is 75.8 cm³/mol. The van der Waals surface area contributed by atoms with Gasteiger partial charge in [0.25, 0.3) is 0 Å². The van der Waals surface area contributed by atoms with Gasteiger partial charge >= 0.3 is 12.3 Å². The van der Waals surface area contributed by atoms with Gasteiger partial charge in [0, 0.05) is 32.7 Å². The molecule has 0 aliphatic carbocycles. The SMILES string of the molecule is COC(=O)N1CCCC[C@H]1C(=O)N1CCN(CC(F)(F)F)CC1. The average molecular weight is 337 g/mol. The number of hydrogen-bond donors (Lipinski definition) is 0. The Kier molecular flexibility index (Phi) is 5.72. The second-order valence-corrected chi connectivity index (χ2v) is 5.89. The Hall–Kier alpha value is -1.51. The number of methoxy groups -OCH3 is 1. The van der Waals surface area contributed by atoms with Crippen LogP contribution in [0.2, 0.25) is 0 Å². The fourth-order valence-corrected chi connectivity index (χ4v) is 3.11. The van der Waals surface area contributed by atoms with E-state index in [1.807, 2.05) is 0 Å². The van der Waals surface area contributed by atoms with Crippen molar-refractivity contribution in [1.29, 1.82) is 0 Å². The minimum absolute atomic E-state index is 0.191. The number of nitrogens with zero attached hydrogens (tertiary/aromatic N) is 3. The molecule has 0 aromatic carbocycles. The largest absolute Gasteiger partial charge is 0.453 e. The molecular weight excluding hydrogens is 315 g/mol. The summed E-state index contributed by atoms with van der Waals surface area (Å²) >= 11 is 0. The van der Waals surface area contributed by atoms with Gasteiger partial charge in [0.05, 0.1) is 13.7 Å². The zero-order valence-electron chi connectivity index (χ0n) is 13.1. The molecule has 0 spiro atoms. The van der Waals surface area contributed by atoms with Crippen LogP contribution in [-0.2, 0) is 9.53 Å². The van der Waals surface area contributed by atoms with E-state index in [2.05, 4.69) is 0 Å². The van der Waals surface area contributed by atoms with Gasteiger partial charge in [0.15, 0.2) is 0 Å². The molecule has 9 heteroatoms. The number of carbonyl (C=O) groups excluding carboxylic acids is 2. The number of halogens is 3. The number of rotatable bonds is 2. The monoisotopic (exact) mass is 337 g/mol. The van der Waals surface area contributed by atoms with E-state index >= 15 is 0 Å². The summed E-state index contributed by atoms with van der Waals surface area (Å²) in [5.74, 6) is -0.193. The van der Waals surface area contributed by atoms with Gasteiger partial charge in [-0.15, -0.1) is 0 Å². The van der Waals surface area contributed by atoms with Gasteiger partial charge < -0.3 is 9.64 Å². The van der Waals surface area contributed by atoms with Crippen molar-refractivity contribution in [3.8, 4) is 0 Å². The summed E-state index contributed by atoms with van der Waals surface area (Å²) in [6.07, 6.45) is -2.52. The fourth-order valence-electron chi connectivity index (χ4n) is 3.11. The molecule has 2 heterocycles. The van der Waals surface area contributed by atoms with Crippen LogP contribution >= 0.6 is 0 Å². The number of alkyl halides is 3. The summed E-state index contributed by atoms with van der Waals surface area (Å²) in [6.45, 7) is 0.400. The van der Waals surface area contributed by atoms with Gasteiger partial charge in [-0.3, -0.25) is 14.6 Å². The highest BCUT2D eigenvalue weighted by atomic mass is 19.4. The number of piperazine rings is 1. The van der Waals surface area contributed by atoms with E-state index < -0.39 is 24.9 Å². The Bertz CT molecular complexity index is 437. The van der Waals surface area contributed by atoms with E-state index in [-0.39, 0.29) is 32.1 Å². The first-order chi connectivity index (χ1) is 10.8. The van der Waals surface area contributed by atoms with Gasteiger partial charge in [0.2, 0.25) is 5.91 Å². The van der Waals surface area contributed by atoms with Gasteiger partial charge in [0.1, 0.15) is 6.04 Å². The molecule has 1 atom stereocenters. The number of ether oxygens (including phenoxy) is 1. The number of carbonyl (C=O) groups is 2. The highest BCUT2D eigenvalue weighted by molar-refractivity contribution is 5.86. The Balaban J connectivity index is 1.91. The van der Waals surface area contributed by atoms with E-state index in [1.165, 1.54) is 16.9 Å². The summed E-state index contributed by atoms with van der Waals surface area (Å²) in [6, 6.07) is -0.564. The number of amides is 2. The second kappa shape index (κ2) is 7.37. The topological polar surface area (TPSA) is 53.1 Å². The molecule has 2 amide bonds. The van der Waals surface area contributed by atoms with Crippen molar-refractivity contribution in [3.63, 3.8) is 0 Å². The average Bonchev–Trinajstić information content (AvgIpc) is 2.52. The van der Waals surface area contributed by atoms with Crippen molar-refractivity contribution in [2.45, 2.75) is 31.5 Å². The van der Waals surface area contributed by atoms with E-state index in [1.54, 1.807) is 4.90 Å². The predicted octanol–water partition coefficient (Wildman–Crippen LogP) is 1.31. The molecule has 0 aromatic rings. The lowest BCUT2D eigenvalue weighted by molar-refractivity contribution is -0.153. The number of likely N-dealkylation sites (tertiary alicyclic amines) is 1. The fraction of sp³-hybridized carbons (Fsp3) is 0.857. The third-order valence-corrected chi connectivity index (χ3v) is 4.28. The lowest BCUT2D eigenvalue weighted by Gasteiger charge is -2.40. The molecule has 0 unspecified atom stereocenters. The Morgan fingerprint density at radius 3 is 2.30 bits per heavy atom. The van der Waals surface area contributed by atoms with Crippen molar-refractivity contribution in [2.75, 3.05) is 46.4 Å². The lowest BCUT2D eigenvalue weighted by Crippen LogP contribution is -2.57. The minimum Gasteiger partial charge on any atom is -0.453 e. The van der Waals surface area contributed by atoms with Crippen molar-refractivity contribution in [3.05, 3.63) is 0 Å². The van der Waals surface area contributed by atoms with Crippen molar-refractivity contribution in [2.24, 2.45) is 0 Å². The van der Waals surface area contributed by atoms with Gasteiger partial charge in [-0.05, 0) is 19.3 Å². The number of hydrogen-bond acceptors (Lipinski definition) is 4. The maximum atomic E-state index is 12.6. The first-order valence-corrected chi connectivity index (χ1v) is 7.74. The molecule has 6 nitrogen and oxygen atoms in total. The molecule has 2 aliphatic rings. The third kappa shape index (κ3) is 4.73. The van der Waals surface area contributed by atoms with Crippen molar-refractivity contribution < 1.29 is 27.5 Å². The van der Waals surface area contributed by atoms with E-state index in [9.17, 15) is 22.8 Å². The highest BCUT2D eigenvalue weighted by Gasteiger charge is 2.37. The Morgan fingerprint density at radius 2 is 1.74 bits per heavy atom.